The van der Waals surface area contributed by atoms with Crippen LogP contribution >= 0.6 is 11.6 Å². The average Bonchev–Trinajstić information content (AvgIpc) is 2.65. The van der Waals surface area contributed by atoms with E-state index in [2.05, 4.69) is 22.0 Å². The smallest absolute Gasteiger partial charge is 0.193 e. The number of benzene rings is 1. The molecule has 0 bridgehead atoms. The van der Waals surface area contributed by atoms with Crippen molar-refractivity contribution in [2.24, 2.45) is 0 Å². The van der Waals surface area contributed by atoms with Crippen molar-refractivity contribution in [3.8, 4) is 5.69 Å². The summed E-state index contributed by atoms with van der Waals surface area (Å²) in [6.07, 6.45) is 1.83. The van der Waals surface area contributed by atoms with E-state index < -0.39 is 0 Å². The fraction of sp³-hybridized carbons (Fsp3) is 0.263. The molecule has 0 unspecified atom stereocenters. The molecular weight excluding hydrogens is 338 g/mol. The van der Waals surface area contributed by atoms with Gasteiger partial charge in [0.05, 0.1) is 18.6 Å². The van der Waals surface area contributed by atoms with Gasteiger partial charge in [0.2, 0.25) is 0 Å². The Morgan fingerprint density at radius 1 is 1.12 bits per heavy atom. The van der Waals surface area contributed by atoms with E-state index in [0.717, 1.165) is 37.7 Å². The van der Waals surface area contributed by atoms with Crippen LogP contribution in [-0.2, 0) is 4.74 Å². The maximum atomic E-state index is 12.4. The van der Waals surface area contributed by atoms with Crippen LogP contribution in [0.3, 0.4) is 0 Å². The Kier molecular flexibility index (Phi) is 4.19. The molecule has 3 aromatic rings. The molecule has 5 nitrogen and oxygen atoms in total. The van der Waals surface area contributed by atoms with Gasteiger partial charge in [-0.05, 0) is 37.3 Å². The number of morpholine rings is 1. The molecule has 0 N–H and O–H groups in total. The monoisotopic (exact) mass is 355 g/mol. The van der Waals surface area contributed by atoms with E-state index in [1.807, 2.05) is 29.8 Å². The van der Waals surface area contributed by atoms with E-state index in [4.69, 9.17) is 16.3 Å². The van der Waals surface area contributed by atoms with E-state index in [0.29, 0.717) is 21.7 Å². The van der Waals surface area contributed by atoms with Crippen LogP contribution < -0.4 is 10.3 Å². The van der Waals surface area contributed by atoms with Gasteiger partial charge in [-0.15, -0.1) is 0 Å². The molecule has 0 saturated carbocycles. The van der Waals surface area contributed by atoms with Crippen LogP contribution in [0.2, 0.25) is 5.15 Å². The lowest BCUT2D eigenvalue weighted by Crippen LogP contribution is -2.36. The number of anilines is 1. The van der Waals surface area contributed by atoms with Crippen LogP contribution in [0.5, 0.6) is 0 Å². The fourth-order valence-corrected chi connectivity index (χ4v) is 3.31. The van der Waals surface area contributed by atoms with Gasteiger partial charge in [-0.1, -0.05) is 17.7 Å². The van der Waals surface area contributed by atoms with Gasteiger partial charge in [0.1, 0.15) is 10.8 Å². The molecule has 1 aliphatic heterocycles. The lowest BCUT2D eigenvalue weighted by Gasteiger charge is -2.29. The van der Waals surface area contributed by atoms with Gasteiger partial charge < -0.3 is 14.2 Å². The van der Waals surface area contributed by atoms with Gasteiger partial charge in [-0.25, -0.2) is 4.98 Å². The zero-order valence-corrected chi connectivity index (χ0v) is 14.7. The second-order valence-electron chi connectivity index (χ2n) is 6.14. The minimum absolute atomic E-state index is 0.0141. The SMILES string of the molecule is Cc1cn(-c2cccc(N3CCOCC3)c2)c2nc(Cl)ccc2c1=O. The fourth-order valence-electron chi connectivity index (χ4n) is 3.17. The number of hydrogen-bond acceptors (Lipinski definition) is 4. The van der Waals surface area contributed by atoms with Crippen molar-refractivity contribution in [3.63, 3.8) is 0 Å². The van der Waals surface area contributed by atoms with Crippen LogP contribution in [-0.4, -0.2) is 35.9 Å². The Balaban J connectivity index is 1.88. The van der Waals surface area contributed by atoms with E-state index in [-0.39, 0.29) is 5.43 Å². The molecule has 0 atom stereocenters. The standard InChI is InChI=1S/C19H18ClN3O2/c1-13-12-23(19-16(18(13)24)5-6-17(20)21-19)15-4-2-3-14(11-15)22-7-9-25-10-8-22/h2-6,11-12H,7-10H2,1H3. The molecule has 6 heteroatoms. The molecule has 2 aromatic heterocycles. The lowest BCUT2D eigenvalue weighted by molar-refractivity contribution is 0.122. The van der Waals surface area contributed by atoms with Gasteiger partial charge in [-0.2, -0.15) is 0 Å². The first-order valence-electron chi connectivity index (χ1n) is 8.25. The van der Waals surface area contributed by atoms with Crippen molar-refractivity contribution in [3.05, 3.63) is 63.5 Å². The Hall–Kier alpha value is -2.37. The zero-order chi connectivity index (χ0) is 17.4. The van der Waals surface area contributed by atoms with E-state index in [1.54, 1.807) is 12.1 Å². The van der Waals surface area contributed by atoms with E-state index in [1.165, 1.54) is 0 Å². The minimum Gasteiger partial charge on any atom is -0.378 e. The number of ether oxygens (including phenoxy) is 1. The topological polar surface area (TPSA) is 47.4 Å². The summed E-state index contributed by atoms with van der Waals surface area (Å²) in [5, 5.41) is 0.940. The second kappa shape index (κ2) is 6.50. The molecule has 25 heavy (non-hydrogen) atoms. The summed E-state index contributed by atoms with van der Waals surface area (Å²) in [4.78, 5) is 19.1. The molecule has 0 amide bonds. The predicted molar refractivity (Wildman–Crippen MR) is 100 cm³/mol. The lowest BCUT2D eigenvalue weighted by atomic mass is 10.2. The molecule has 0 aliphatic carbocycles. The highest BCUT2D eigenvalue weighted by Crippen LogP contribution is 2.23. The second-order valence-corrected chi connectivity index (χ2v) is 6.52. The van der Waals surface area contributed by atoms with Crippen molar-refractivity contribution in [2.75, 3.05) is 31.2 Å². The van der Waals surface area contributed by atoms with Crippen LogP contribution in [0.4, 0.5) is 5.69 Å². The first-order chi connectivity index (χ1) is 12.1. The number of aromatic nitrogens is 2. The molecule has 1 aromatic carbocycles. The zero-order valence-electron chi connectivity index (χ0n) is 13.9. The van der Waals surface area contributed by atoms with Crippen LogP contribution in [0.15, 0.2) is 47.4 Å². The molecule has 128 valence electrons. The highest BCUT2D eigenvalue weighted by Gasteiger charge is 2.14. The average molecular weight is 356 g/mol. The number of pyridine rings is 2. The van der Waals surface area contributed by atoms with Crippen molar-refractivity contribution < 1.29 is 4.74 Å². The molecule has 0 radical (unpaired) electrons. The molecule has 1 fully saturated rings. The normalized spacial score (nSPS) is 14.9. The Morgan fingerprint density at radius 2 is 1.88 bits per heavy atom. The maximum Gasteiger partial charge on any atom is 0.193 e. The maximum absolute atomic E-state index is 12.4. The van der Waals surface area contributed by atoms with Gasteiger partial charge in [-0.3, -0.25) is 4.79 Å². The molecular formula is C19H18ClN3O2. The highest BCUT2D eigenvalue weighted by atomic mass is 35.5. The predicted octanol–water partition coefficient (Wildman–Crippen LogP) is 3.18. The van der Waals surface area contributed by atoms with Crippen LogP contribution in [0.25, 0.3) is 16.7 Å². The number of aryl methyl sites for hydroxylation is 1. The third kappa shape index (κ3) is 3.01. The number of halogens is 1. The summed E-state index contributed by atoms with van der Waals surface area (Å²) in [6, 6.07) is 11.6. The summed E-state index contributed by atoms with van der Waals surface area (Å²) < 4.78 is 7.36. The molecule has 4 rings (SSSR count). The van der Waals surface area contributed by atoms with Gasteiger partial charge in [0.15, 0.2) is 5.43 Å². The third-order valence-electron chi connectivity index (χ3n) is 4.48. The molecule has 1 saturated heterocycles. The first kappa shape index (κ1) is 16.1. The summed E-state index contributed by atoms with van der Waals surface area (Å²) in [7, 11) is 0. The van der Waals surface area contributed by atoms with Crippen LogP contribution in [0, 0.1) is 6.92 Å². The largest absolute Gasteiger partial charge is 0.378 e. The van der Waals surface area contributed by atoms with Gasteiger partial charge in [0, 0.05) is 36.2 Å². The third-order valence-corrected chi connectivity index (χ3v) is 4.69. The molecule has 0 spiro atoms. The van der Waals surface area contributed by atoms with Crippen molar-refractivity contribution in [1.82, 2.24) is 9.55 Å². The van der Waals surface area contributed by atoms with Crippen molar-refractivity contribution in [1.29, 1.82) is 0 Å². The Bertz CT molecular complexity index is 994. The highest BCUT2D eigenvalue weighted by molar-refractivity contribution is 6.29. The molecule has 1 aliphatic rings. The Morgan fingerprint density at radius 3 is 2.68 bits per heavy atom. The molecule has 3 heterocycles. The van der Waals surface area contributed by atoms with Crippen LogP contribution in [0.1, 0.15) is 5.56 Å². The van der Waals surface area contributed by atoms with Gasteiger partial charge in [0.25, 0.3) is 0 Å². The van der Waals surface area contributed by atoms with E-state index >= 15 is 0 Å². The number of rotatable bonds is 2. The summed E-state index contributed by atoms with van der Waals surface area (Å²) >= 11 is 6.07. The number of nitrogens with zero attached hydrogens (tertiary/aromatic N) is 3. The van der Waals surface area contributed by atoms with E-state index in [9.17, 15) is 4.79 Å². The number of fused-ring (bicyclic) bond motifs is 1. The van der Waals surface area contributed by atoms with Crippen molar-refractivity contribution in [2.45, 2.75) is 6.92 Å². The summed E-state index contributed by atoms with van der Waals surface area (Å²) in [6.45, 7) is 5.04. The summed E-state index contributed by atoms with van der Waals surface area (Å²) in [5.74, 6) is 0. The quantitative estimate of drug-likeness (QED) is 0.662. The Labute approximate surface area is 150 Å². The van der Waals surface area contributed by atoms with Crippen molar-refractivity contribution >= 4 is 28.3 Å². The number of hydrogen-bond donors (Lipinski definition) is 0. The first-order valence-corrected chi connectivity index (χ1v) is 8.63. The summed E-state index contributed by atoms with van der Waals surface area (Å²) in [5.41, 5.74) is 3.31. The minimum atomic E-state index is -0.0141. The van der Waals surface area contributed by atoms with Gasteiger partial charge >= 0.3 is 0 Å².